The third-order valence-corrected chi connectivity index (χ3v) is 5.50. The van der Waals surface area contributed by atoms with Gasteiger partial charge in [-0.25, -0.2) is 0 Å². The van der Waals surface area contributed by atoms with Crippen LogP contribution in [0.15, 0.2) is 23.1 Å². The number of benzene rings is 1. The standard InChI is InChI=1S/C15H16N4O2S2/c1-15(2,3)13-18-19-14(23-13)17-12(21)8-4-5-10-9(6-8)16-11(20)7-22-10/h4-6H,7H2,1-3H3,(H,16,20)(H,17,19,21). The molecular formula is C15H16N4O2S2. The fraction of sp³-hybridized carbons (Fsp3) is 0.333. The lowest BCUT2D eigenvalue weighted by molar-refractivity contribution is -0.113. The van der Waals surface area contributed by atoms with Crippen molar-refractivity contribution >= 4 is 45.7 Å². The average Bonchev–Trinajstić information content (AvgIpc) is 2.95. The van der Waals surface area contributed by atoms with E-state index in [4.69, 9.17) is 0 Å². The summed E-state index contributed by atoms with van der Waals surface area (Å²) in [5, 5.41) is 15.0. The number of fused-ring (bicyclic) bond motifs is 1. The number of hydrogen-bond acceptors (Lipinski definition) is 6. The predicted octanol–water partition coefficient (Wildman–Crippen LogP) is 3.13. The largest absolute Gasteiger partial charge is 0.324 e. The third-order valence-electron chi connectivity index (χ3n) is 3.16. The van der Waals surface area contributed by atoms with Gasteiger partial charge < -0.3 is 5.32 Å². The van der Waals surface area contributed by atoms with Gasteiger partial charge in [-0.05, 0) is 18.2 Å². The second-order valence-corrected chi connectivity index (χ2v) is 8.16. The molecule has 2 amide bonds. The molecule has 0 fully saturated rings. The van der Waals surface area contributed by atoms with E-state index in [2.05, 4.69) is 20.8 Å². The van der Waals surface area contributed by atoms with Crippen molar-refractivity contribution in [2.45, 2.75) is 31.1 Å². The van der Waals surface area contributed by atoms with Crippen LogP contribution in [0.25, 0.3) is 0 Å². The number of carbonyl (C=O) groups excluding carboxylic acids is 2. The topological polar surface area (TPSA) is 84.0 Å². The lowest BCUT2D eigenvalue weighted by Crippen LogP contribution is -2.19. The maximum atomic E-state index is 12.3. The molecule has 0 radical (unpaired) electrons. The van der Waals surface area contributed by atoms with Crippen LogP contribution in [-0.2, 0) is 10.2 Å². The number of thioether (sulfide) groups is 1. The molecule has 6 nitrogen and oxygen atoms in total. The molecule has 1 aliphatic heterocycles. The molecule has 3 rings (SSSR count). The van der Waals surface area contributed by atoms with Gasteiger partial charge in [-0.1, -0.05) is 32.1 Å². The van der Waals surface area contributed by atoms with Crippen molar-refractivity contribution in [2.75, 3.05) is 16.4 Å². The van der Waals surface area contributed by atoms with E-state index < -0.39 is 0 Å². The van der Waals surface area contributed by atoms with Crippen LogP contribution in [-0.4, -0.2) is 27.8 Å². The first-order valence-electron chi connectivity index (χ1n) is 7.05. The van der Waals surface area contributed by atoms with Crippen molar-refractivity contribution in [1.29, 1.82) is 0 Å². The summed E-state index contributed by atoms with van der Waals surface area (Å²) in [6.07, 6.45) is 0. The summed E-state index contributed by atoms with van der Waals surface area (Å²) in [6.45, 7) is 6.13. The van der Waals surface area contributed by atoms with Gasteiger partial charge in [0.1, 0.15) is 5.01 Å². The van der Waals surface area contributed by atoms with E-state index in [1.54, 1.807) is 12.1 Å². The molecule has 120 valence electrons. The molecule has 1 aromatic carbocycles. The number of anilines is 2. The Labute approximate surface area is 142 Å². The van der Waals surface area contributed by atoms with Gasteiger partial charge in [0.15, 0.2) is 0 Å². The highest BCUT2D eigenvalue weighted by molar-refractivity contribution is 8.00. The third kappa shape index (κ3) is 3.53. The van der Waals surface area contributed by atoms with Crippen molar-refractivity contribution in [3.05, 3.63) is 28.8 Å². The first-order chi connectivity index (χ1) is 10.8. The van der Waals surface area contributed by atoms with E-state index >= 15 is 0 Å². The van der Waals surface area contributed by atoms with Gasteiger partial charge in [0, 0.05) is 15.9 Å². The second-order valence-electron chi connectivity index (χ2n) is 6.16. The molecule has 1 aliphatic rings. The van der Waals surface area contributed by atoms with Crippen LogP contribution in [0.2, 0.25) is 0 Å². The monoisotopic (exact) mass is 348 g/mol. The van der Waals surface area contributed by atoms with Gasteiger partial charge >= 0.3 is 0 Å². The van der Waals surface area contributed by atoms with Gasteiger partial charge in [0.25, 0.3) is 5.91 Å². The summed E-state index contributed by atoms with van der Waals surface area (Å²) >= 11 is 2.83. The SMILES string of the molecule is CC(C)(C)c1nnc(NC(=O)c2ccc3c(c2)NC(=O)CS3)s1. The van der Waals surface area contributed by atoms with E-state index in [0.29, 0.717) is 22.1 Å². The second kappa shape index (κ2) is 5.93. The normalized spacial score (nSPS) is 14.1. The Bertz CT molecular complexity index is 780. The molecule has 0 spiro atoms. The summed E-state index contributed by atoms with van der Waals surface area (Å²) in [5.41, 5.74) is 1.04. The van der Waals surface area contributed by atoms with E-state index in [1.807, 2.05) is 26.8 Å². The maximum absolute atomic E-state index is 12.3. The minimum Gasteiger partial charge on any atom is -0.324 e. The van der Waals surface area contributed by atoms with Crippen LogP contribution in [0.5, 0.6) is 0 Å². The number of nitrogens with zero attached hydrogens (tertiary/aromatic N) is 2. The Morgan fingerprint density at radius 2 is 2.09 bits per heavy atom. The summed E-state index contributed by atoms with van der Waals surface area (Å²) in [6, 6.07) is 5.26. The van der Waals surface area contributed by atoms with Crippen LogP contribution in [0.3, 0.4) is 0 Å². The zero-order valence-corrected chi connectivity index (χ0v) is 14.6. The quantitative estimate of drug-likeness (QED) is 0.871. The maximum Gasteiger partial charge on any atom is 0.257 e. The molecule has 0 saturated heterocycles. The lowest BCUT2D eigenvalue weighted by atomic mass is 9.98. The molecule has 0 atom stereocenters. The Hall–Kier alpha value is -1.93. The fourth-order valence-electron chi connectivity index (χ4n) is 1.97. The molecule has 0 saturated carbocycles. The fourth-order valence-corrected chi connectivity index (χ4v) is 3.56. The molecule has 2 aromatic rings. The molecule has 0 unspecified atom stereocenters. The van der Waals surface area contributed by atoms with E-state index in [1.165, 1.54) is 23.1 Å². The summed E-state index contributed by atoms with van der Waals surface area (Å²) in [5.74, 6) is 0.0760. The molecule has 8 heteroatoms. The van der Waals surface area contributed by atoms with Crippen molar-refractivity contribution in [1.82, 2.24) is 10.2 Å². The first kappa shape index (κ1) is 15.9. The molecule has 2 N–H and O–H groups in total. The molecular weight excluding hydrogens is 332 g/mol. The first-order valence-corrected chi connectivity index (χ1v) is 8.85. The van der Waals surface area contributed by atoms with Crippen LogP contribution < -0.4 is 10.6 Å². The van der Waals surface area contributed by atoms with Crippen molar-refractivity contribution in [3.63, 3.8) is 0 Å². The summed E-state index contributed by atoms with van der Waals surface area (Å²) < 4.78 is 0. The molecule has 2 heterocycles. The van der Waals surface area contributed by atoms with Crippen LogP contribution >= 0.6 is 23.1 Å². The molecule has 23 heavy (non-hydrogen) atoms. The highest BCUT2D eigenvalue weighted by Crippen LogP contribution is 2.32. The van der Waals surface area contributed by atoms with E-state index in [-0.39, 0.29) is 17.2 Å². The Morgan fingerprint density at radius 1 is 1.30 bits per heavy atom. The van der Waals surface area contributed by atoms with Gasteiger partial charge in [-0.2, -0.15) is 0 Å². The smallest absolute Gasteiger partial charge is 0.257 e. The minimum atomic E-state index is -0.269. The number of aromatic nitrogens is 2. The van der Waals surface area contributed by atoms with Gasteiger partial charge in [-0.15, -0.1) is 22.0 Å². The number of amides is 2. The molecule has 0 aliphatic carbocycles. The van der Waals surface area contributed by atoms with E-state index in [9.17, 15) is 9.59 Å². The average molecular weight is 348 g/mol. The summed E-state index contributed by atoms with van der Waals surface area (Å²) in [4.78, 5) is 24.8. The van der Waals surface area contributed by atoms with Crippen molar-refractivity contribution in [2.24, 2.45) is 0 Å². The number of rotatable bonds is 2. The van der Waals surface area contributed by atoms with Gasteiger partial charge in [0.2, 0.25) is 11.0 Å². The van der Waals surface area contributed by atoms with Gasteiger partial charge in [-0.3, -0.25) is 14.9 Å². The zero-order valence-electron chi connectivity index (χ0n) is 13.0. The zero-order chi connectivity index (χ0) is 16.6. The Balaban J connectivity index is 1.77. The van der Waals surface area contributed by atoms with Crippen LogP contribution in [0, 0.1) is 0 Å². The Morgan fingerprint density at radius 3 is 2.78 bits per heavy atom. The Kier molecular flexibility index (Phi) is 4.11. The number of carbonyl (C=O) groups is 2. The van der Waals surface area contributed by atoms with Crippen molar-refractivity contribution < 1.29 is 9.59 Å². The highest BCUT2D eigenvalue weighted by Gasteiger charge is 2.21. The number of hydrogen-bond donors (Lipinski definition) is 2. The lowest BCUT2D eigenvalue weighted by Gasteiger charge is -2.16. The van der Waals surface area contributed by atoms with E-state index in [0.717, 1.165) is 9.90 Å². The molecule has 0 bridgehead atoms. The van der Waals surface area contributed by atoms with Crippen LogP contribution in [0.1, 0.15) is 36.1 Å². The molecule has 1 aromatic heterocycles. The van der Waals surface area contributed by atoms with Gasteiger partial charge in [0.05, 0.1) is 11.4 Å². The van der Waals surface area contributed by atoms with Crippen LogP contribution in [0.4, 0.5) is 10.8 Å². The highest BCUT2D eigenvalue weighted by atomic mass is 32.2. The summed E-state index contributed by atoms with van der Waals surface area (Å²) in [7, 11) is 0. The number of nitrogens with one attached hydrogen (secondary N) is 2. The predicted molar refractivity (Wildman–Crippen MR) is 92.4 cm³/mol. The minimum absolute atomic E-state index is 0.0565. The van der Waals surface area contributed by atoms with Crippen molar-refractivity contribution in [3.8, 4) is 0 Å².